The van der Waals surface area contributed by atoms with Crippen LogP contribution >= 0.6 is 15.9 Å². The van der Waals surface area contributed by atoms with E-state index in [2.05, 4.69) is 32.6 Å². The van der Waals surface area contributed by atoms with Crippen LogP contribution in [-0.4, -0.2) is 19.4 Å². The quantitative estimate of drug-likeness (QED) is 0.827. The van der Waals surface area contributed by atoms with Gasteiger partial charge in [-0.15, -0.1) is 0 Å². The Balaban J connectivity index is 2.04. The second-order valence-corrected chi connectivity index (χ2v) is 8.26. The molecule has 1 fully saturated rings. The molecule has 0 amide bonds. The lowest BCUT2D eigenvalue weighted by atomic mass is 9.84. The maximum atomic E-state index is 12.4. The lowest BCUT2D eigenvalue weighted by Gasteiger charge is -2.28. The van der Waals surface area contributed by atoms with Crippen LogP contribution in [0.3, 0.4) is 0 Å². The van der Waals surface area contributed by atoms with Crippen molar-refractivity contribution in [2.45, 2.75) is 56.4 Å². The van der Waals surface area contributed by atoms with Crippen molar-refractivity contribution in [3.63, 3.8) is 0 Å². The van der Waals surface area contributed by atoms with Gasteiger partial charge in [0.2, 0.25) is 10.0 Å². The summed E-state index contributed by atoms with van der Waals surface area (Å²) in [5.74, 6) is 0.777. The van der Waals surface area contributed by atoms with Crippen molar-refractivity contribution in [2.75, 3.05) is 5.73 Å². The highest BCUT2D eigenvalue weighted by Gasteiger charge is 2.27. The Morgan fingerprint density at radius 2 is 2.05 bits per heavy atom. The highest BCUT2D eigenvalue weighted by Crippen LogP contribution is 2.29. The molecule has 1 aromatic rings. The number of anilines is 1. The molecule has 21 heavy (non-hydrogen) atoms. The van der Waals surface area contributed by atoms with Crippen LogP contribution in [0.25, 0.3) is 0 Å². The number of sulfonamides is 1. The zero-order chi connectivity index (χ0) is 15.5. The second kappa shape index (κ2) is 7.07. The van der Waals surface area contributed by atoms with E-state index >= 15 is 0 Å². The molecule has 1 aromatic heterocycles. The topological polar surface area (TPSA) is 85.1 Å². The molecule has 0 saturated heterocycles. The number of pyridine rings is 1. The summed E-state index contributed by atoms with van der Waals surface area (Å²) in [5, 5.41) is 0. The SMILES string of the molecule is CCCC1CCC(NS(=O)(=O)c2cc(Br)cnc2N)CC1. The summed E-state index contributed by atoms with van der Waals surface area (Å²) in [6, 6.07) is 1.49. The molecule has 1 aliphatic carbocycles. The predicted octanol–water partition coefficient (Wildman–Crippen LogP) is 3.06. The fraction of sp³-hybridized carbons (Fsp3) is 0.643. The zero-order valence-corrected chi connectivity index (χ0v) is 14.6. The first-order valence-corrected chi connectivity index (χ1v) is 9.63. The summed E-state index contributed by atoms with van der Waals surface area (Å²) < 4.78 is 28.2. The summed E-state index contributed by atoms with van der Waals surface area (Å²) in [6.45, 7) is 2.19. The minimum absolute atomic E-state index is 0.00138. The summed E-state index contributed by atoms with van der Waals surface area (Å²) in [6.07, 6.45) is 7.89. The van der Waals surface area contributed by atoms with Gasteiger partial charge in [-0.25, -0.2) is 18.1 Å². The molecule has 0 unspecified atom stereocenters. The molecule has 1 heterocycles. The van der Waals surface area contributed by atoms with E-state index in [1.165, 1.54) is 25.1 Å². The Labute approximate surface area is 134 Å². The number of hydrogen-bond donors (Lipinski definition) is 2. The molecular formula is C14H22BrN3O2S. The minimum Gasteiger partial charge on any atom is -0.383 e. The van der Waals surface area contributed by atoms with Crippen molar-refractivity contribution in [3.05, 3.63) is 16.7 Å². The molecule has 0 bridgehead atoms. The van der Waals surface area contributed by atoms with Crippen molar-refractivity contribution in [1.82, 2.24) is 9.71 Å². The van der Waals surface area contributed by atoms with Crippen LogP contribution in [0.1, 0.15) is 45.4 Å². The first-order chi connectivity index (χ1) is 9.92. The van der Waals surface area contributed by atoms with Gasteiger partial charge < -0.3 is 5.73 Å². The molecule has 0 aromatic carbocycles. The highest BCUT2D eigenvalue weighted by atomic mass is 79.9. The first kappa shape index (κ1) is 16.7. The van der Waals surface area contributed by atoms with Crippen LogP contribution in [0.4, 0.5) is 5.82 Å². The fourth-order valence-electron chi connectivity index (χ4n) is 2.91. The van der Waals surface area contributed by atoms with Crippen LogP contribution in [0.15, 0.2) is 21.6 Å². The third-order valence-electron chi connectivity index (χ3n) is 4.00. The van der Waals surface area contributed by atoms with Gasteiger partial charge in [-0.2, -0.15) is 0 Å². The van der Waals surface area contributed by atoms with E-state index in [0.29, 0.717) is 4.47 Å². The number of nitrogens with two attached hydrogens (primary N) is 1. The average Bonchev–Trinajstić information content (AvgIpc) is 2.43. The Kier molecular flexibility index (Phi) is 5.62. The van der Waals surface area contributed by atoms with Crippen molar-refractivity contribution in [3.8, 4) is 0 Å². The van der Waals surface area contributed by atoms with Crippen LogP contribution in [0, 0.1) is 5.92 Å². The van der Waals surface area contributed by atoms with E-state index in [1.54, 1.807) is 0 Å². The molecule has 0 atom stereocenters. The van der Waals surface area contributed by atoms with Gasteiger partial charge in [0.15, 0.2) is 0 Å². The van der Waals surface area contributed by atoms with Gasteiger partial charge in [-0.1, -0.05) is 19.8 Å². The number of nitrogens with one attached hydrogen (secondary N) is 1. The van der Waals surface area contributed by atoms with Gasteiger partial charge in [0.05, 0.1) is 0 Å². The van der Waals surface area contributed by atoms with E-state index in [9.17, 15) is 8.42 Å². The summed E-state index contributed by atoms with van der Waals surface area (Å²) in [5.41, 5.74) is 5.69. The largest absolute Gasteiger partial charge is 0.383 e. The monoisotopic (exact) mass is 375 g/mol. The molecule has 118 valence electrons. The van der Waals surface area contributed by atoms with E-state index in [4.69, 9.17) is 5.73 Å². The van der Waals surface area contributed by atoms with Crippen molar-refractivity contribution in [2.24, 2.45) is 5.92 Å². The van der Waals surface area contributed by atoms with Gasteiger partial charge in [0.25, 0.3) is 0 Å². The van der Waals surface area contributed by atoms with E-state index in [-0.39, 0.29) is 16.8 Å². The number of halogens is 1. The normalized spacial score (nSPS) is 23.1. The number of nitrogen functional groups attached to an aromatic ring is 1. The molecule has 5 nitrogen and oxygen atoms in total. The molecule has 1 aliphatic rings. The summed E-state index contributed by atoms with van der Waals surface area (Å²) >= 11 is 3.23. The van der Waals surface area contributed by atoms with E-state index in [1.807, 2.05) is 0 Å². The lowest BCUT2D eigenvalue weighted by molar-refractivity contribution is 0.297. The van der Waals surface area contributed by atoms with Crippen LogP contribution in [0.5, 0.6) is 0 Å². The molecule has 7 heteroatoms. The van der Waals surface area contributed by atoms with Gasteiger partial charge >= 0.3 is 0 Å². The van der Waals surface area contributed by atoms with Gasteiger partial charge in [-0.3, -0.25) is 0 Å². The number of nitrogens with zero attached hydrogens (tertiary/aromatic N) is 1. The van der Waals surface area contributed by atoms with Crippen LogP contribution < -0.4 is 10.5 Å². The highest BCUT2D eigenvalue weighted by molar-refractivity contribution is 9.10. The first-order valence-electron chi connectivity index (χ1n) is 7.35. The summed E-state index contributed by atoms with van der Waals surface area (Å²) in [7, 11) is -3.61. The van der Waals surface area contributed by atoms with Crippen LogP contribution in [-0.2, 0) is 10.0 Å². The Hall–Kier alpha value is -0.660. The summed E-state index contributed by atoms with van der Waals surface area (Å²) in [4.78, 5) is 3.93. The molecule has 1 saturated carbocycles. The molecule has 3 N–H and O–H groups in total. The standard InChI is InChI=1S/C14H22BrN3O2S/c1-2-3-10-4-6-12(7-5-10)18-21(19,20)13-8-11(15)9-17-14(13)16/h8-10,12,18H,2-7H2,1H3,(H2,16,17). The third-order valence-corrected chi connectivity index (χ3v) is 5.99. The Bertz CT molecular complexity index is 584. The molecule has 0 spiro atoms. The smallest absolute Gasteiger partial charge is 0.244 e. The number of hydrogen-bond acceptors (Lipinski definition) is 4. The number of rotatable bonds is 5. The fourth-order valence-corrected chi connectivity index (χ4v) is 4.80. The predicted molar refractivity (Wildman–Crippen MR) is 87.3 cm³/mol. The third kappa shape index (κ3) is 4.40. The lowest BCUT2D eigenvalue weighted by Crippen LogP contribution is -2.38. The molecule has 2 rings (SSSR count). The number of aromatic nitrogens is 1. The Morgan fingerprint density at radius 1 is 1.38 bits per heavy atom. The maximum Gasteiger partial charge on any atom is 0.244 e. The van der Waals surface area contributed by atoms with Gasteiger partial charge in [-0.05, 0) is 53.6 Å². The van der Waals surface area contributed by atoms with Crippen molar-refractivity contribution in [1.29, 1.82) is 0 Å². The molecule has 0 aliphatic heterocycles. The zero-order valence-electron chi connectivity index (χ0n) is 12.2. The van der Waals surface area contributed by atoms with Gasteiger partial charge in [0.1, 0.15) is 10.7 Å². The minimum atomic E-state index is -3.61. The van der Waals surface area contributed by atoms with Crippen molar-refractivity contribution >= 4 is 31.8 Å². The Morgan fingerprint density at radius 3 is 2.67 bits per heavy atom. The second-order valence-electron chi connectivity index (χ2n) is 5.66. The van der Waals surface area contributed by atoms with Crippen LogP contribution in [0.2, 0.25) is 0 Å². The van der Waals surface area contributed by atoms with E-state index < -0.39 is 10.0 Å². The average molecular weight is 376 g/mol. The molecule has 0 radical (unpaired) electrons. The van der Waals surface area contributed by atoms with Gasteiger partial charge in [0, 0.05) is 16.7 Å². The van der Waals surface area contributed by atoms with E-state index in [0.717, 1.165) is 31.6 Å². The van der Waals surface area contributed by atoms with Crippen molar-refractivity contribution < 1.29 is 8.42 Å². The maximum absolute atomic E-state index is 12.4. The molecular weight excluding hydrogens is 354 g/mol.